The van der Waals surface area contributed by atoms with E-state index in [2.05, 4.69) is 11.4 Å². The zero-order valence-electron chi connectivity index (χ0n) is 8.16. The first-order valence-corrected chi connectivity index (χ1v) is 5.50. The van der Waals surface area contributed by atoms with Crippen molar-refractivity contribution in [3.63, 3.8) is 0 Å². The number of nitrogens with one attached hydrogen (secondary N) is 1. The van der Waals surface area contributed by atoms with Crippen LogP contribution in [0, 0.1) is 11.3 Å². The van der Waals surface area contributed by atoms with E-state index < -0.39 is 0 Å². The second kappa shape index (κ2) is 5.76. The summed E-state index contributed by atoms with van der Waals surface area (Å²) in [4.78, 5) is 1.13. The van der Waals surface area contributed by atoms with Gasteiger partial charge in [-0.2, -0.15) is 5.26 Å². The zero-order valence-corrected chi connectivity index (χ0v) is 8.97. The molecule has 0 amide bonds. The van der Waals surface area contributed by atoms with E-state index in [-0.39, 0.29) is 6.10 Å². The van der Waals surface area contributed by atoms with Crippen LogP contribution in [0.25, 0.3) is 0 Å². The second-order valence-electron chi connectivity index (χ2n) is 3.11. The summed E-state index contributed by atoms with van der Waals surface area (Å²) >= 11 is 1.57. The molecule has 0 saturated carbocycles. The van der Waals surface area contributed by atoms with Gasteiger partial charge >= 0.3 is 0 Å². The maximum absolute atomic E-state index is 9.28. The molecule has 0 aromatic carbocycles. The van der Waals surface area contributed by atoms with Crippen LogP contribution in [0.15, 0.2) is 11.4 Å². The molecular formula is C10H14N2OS. The minimum absolute atomic E-state index is 0.273. The summed E-state index contributed by atoms with van der Waals surface area (Å²) < 4.78 is 0. The third-order valence-electron chi connectivity index (χ3n) is 1.93. The maximum Gasteiger partial charge on any atom is 0.100 e. The van der Waals surface area contributed by atoms with Crippen LogP contribution in [-0.4, -0.2) is 17.8 Å². The quantitative estimate of drug-likeness (QED) is 0.774. The highest BCUT2D eigenvalue weighted by Crippen LogP contribution is 2.13. The molecule has 0 spiro atoms. The molecule has 0 aliphatic heterocycles. The molecule has 1 heterocycles. The van der Waals surface area contributed by atoms with Crippen LogP contribution in [0.3, 0.4) is 0 Å². The van der Waals surface area contributed by atoms with E-state index in [1.54, 1.807) is 11.3 Å². The van der Waals surface area contributed by atoms with Crippen LogP contribution in [0.1, 0.15) is 23.8 Å². The summed E-state index contributed by atoms with van der Waals surface area (Å²) in [5.41, 5.74) is 0.711. The number of nitriles is 1. The molecule has 0 fully saturated rings. The van der Waals surface area contributed by atoms with Crippen LogP contribution >= 0.6 is 11.3 Å². The number of thiophene rings is 1. The van der Waals surface area contributed by atoms with Gasteiger partial charge in [0.15, 0.2) is 0 Å². The number of hydrogen-bond acceptors (Lipinski definition) is 4. The molecule has 2 N–H and O–H groups in total. The first-order chi connectivity index (χ1) is 6.76. The number of nitrogens with zero attached hydrogens (tertiary/aromatic N) is 1. The van der Waals surface area contributed by atoms with E-state index in [4.69, 9.17) is 5.26 Å². The van der Waals surface area contributed by atoms with Gasteiger partial charge in [0.05, 0.1) is 11.7 Å². The average Bonchev–Trinajstić information content (AvgIpc) is 2.65. The van der Waals surface area contributed by atoms with E-state index in [1.165, 1.54) is 0 Å². The fourth-order valence-electron chi connectivity index (χ4n) is 1.04. The first-order valence-electron chi connectivity index (χ1n) is 4.62. The van der Waals surface area contributed by atoms with Gasteiger partial charge in [-0.1, -0.05) is 6.92 Å². The van der Waals surface area contributed by atoms with Crippen LogP contribution in [0.5, 0.6) is 0 Å². The first kappa shape index (κ1) is 11.2. The van der Waals surface area contributed by atoms with Crippen molar-refractivity contribution in [3.05, 3.63) is 21.9 Å². The molecule has 76 valence electrons. The van der Waals surface area contributed by atoms with Gasteiger partial charge in [0, 0.05) is 23.3 Å². The molecule has 1 rings (SSSR count). The number of aliphatic hydroxyl groups is 1. The van der Waals surface area contributed by atoms with E-state index >= 15 is 0 Å². The topological polar surface area (TPSA) is 56.0 Å². The van der Waals surface area contributed by atoms with Crippen molar-refractivity contribution in [1.29, 1.82) is 5.26 Å². The van der Waals surface area contributed by atoms with Crippen molar-refractivity contribution in [3.8, 4) is 6.07 Å². The molecule has 0 aliphatic rings. The minimum atomic E-state index is -0.273. The lowest BCUT2D eigenvalue weighted by molar-refractivity contribution is 0.167. The zero-order chi connectivity index (χ0) is 10.4. The predicted octanol–water partition coefficient (Wildman–Crippen LogP) is 1.48. The van der Waals surface area contributed by atoms with E-state index in [9.17, 15) is 5.11 Å². The van der Waals surface area contributed by atoms with Gasteiger partial charge in [-0.05, 0) is 12.5 Å². The van der Waals surface area contributed by atoms with Crippen molar-refractivity contribution >= 4 is 11.3 Å². The summed E-state index contributed by atoms with van der Waals surface area (Å²) in [7, 11) is 0. The lowest BCUT2D eigenvalue weighted by atomic mass is 10.3. The highest BCUT2D eigenvalue weighted by atomic mass is 32.1. The molecule has 14 heavy (non-hydrogen) atoms. The third-order valence-corrected chi connectivity index (χ3v) is 2.87. The summed E-state index contributed by atoms with van der Waals surface area (Å²) in [6.07, 6.45) is 0.492. The van der Waals surface area contributed by atoms with Crippen LogP contribution in [0.4, 0.5) is 0 Å². The lowest BCUT2D eigenvalue weighted by Gasteiger charge is -2.07. The van der Waals surface area contributed by atoms with E-state index in [0.717, 1.165) is 17.8 Å². The molecular weight excluding hydrogens is 196 g/mol. The number of rotatable bonds is 5. The molecule has 1 aromatic rings. The Balaban J connectivity index is 2.28. The van der Waals surface area contributed by atoms with Crippen molar-refractivity contribution in [2.45, 2.75) is 26.0 Å². The maximum atomic E-state index is 9.28. The van der Waals surface area contributed by atoms with Crippen molar-refractivity contribution in [2.75, 3.05) is 6.54 Å². The fourth-order valence-corrected chi connectivity index (χ4v) is 1.82. The standard InChI is InChI=1S/C10H14N2OS/c1-2-9(13)5-12-6-10-3-8(4-11)7-14-10/h3,7,9,12-13H,2,5-6H2,1H3. The van der Waals surface area contributed by atoms with Gasteiger partial charge in [0.2, 0.25) is 0 Å². The monoisotopic (exact) mass is 210 g/mol. The highest BCUT2D eigenvalue weighted by molar-refractivity contribution is 7.10. The second-order valence-corrected chi connectivity index (χ2v) is 4.10. The average molecular weight is 210 g/mol. The van der Waals surface area contributed by atoms with Crippen molar-refractivity contribution in [2.24, 2.45) is 0 Å². The Bertz CT molecular complexity index is 316. The summed E-state index contributed by atoms with van der Waals surface area (Å²) in [6.45, 7) is 3.28. The number of aliphatic hydroxyl groups excluding tert-OH is 1. The molecule has 1 unspecified atom stereocenters. The number of hydrogen-bond donors (Lipinski definition) is 2. The SMILES string of the molecule is CCC(O)CNCc1cc(C#N)cs1. The van der Waals surface area contributed by atoms with Gasteiger partial charge < -0.3 is 10.4 Å². The van der Waals surface area contributed by atoms with Gasteiger partial charge in [-0.25, -0.2) is 0 Å². The largest absolute Gasteiger partial charge is 0.392 e. The molecule has 1 aromatic heterocycles. The van der Waals surface area contributed by atoms with E-state index in [0.29, 0.717) is 12.1 Å². The van der Waals surface area contributed by atoms with Gasteiger partial charge in [0.1, 0.15) is 6.07 Å². The molecule has 0 saturated heterocycles. The molecule has 3 nitrogen and oxygen atoms in total. The predicted molar refractivity (Wildman–Crippen MR) is 57.0 cm³/mol. The van der Waals surface area contributed by atoms with Crippen LogP contribution in [0.2, 0.25) is 0 Å². The smallest absolute Gasteiger partial charge is 0.100 e. The third kappa shape index (κ3) is 3.46. The Labute approximate surface area is 88.0 Å². The molecule has 0 radical (unpaired) electrons. The van der Waals surface area contributed by atoms with Gasteiger partial charge in [0.25, 0.3) is 0 Å². The van der Waals surface area contributed by atoms with Gasteiger partial charge in [-0.3, -0.25) is 0 Å². The molecule has 1 atom stereocenters. The summed E-state index contributed by atoms with van der Waals surface area (Å²) in [5, 5.41) is 22.9. The lowest BCUT2D eigenvalue weighted by Crippen LogP contribution is -2.25. The van der Waals surface area contributed by atoms with Crippen molar-refractivity contribution in [1.82, 2.24) is 5.32 Å². The van der Waals surface area contributed by atoms with Crippen molar-refractivity contribution < 1.29 is 5.11 Å². The highest BCUT2D eigenvalue weighted by Gasteiger charge is 2.01. The van der Waals surface area contributed by atoms with Crippen LogP contribution in [-0.2, 0) is 6.54 Å². The Kier molecular flexibility index (Phi) is 4.60. The Hall–Kier alpha value is -0.890. The molecule has 4 heteroatoms. The summed E-state index contributed by atoms with van der Waals surface area (Å²) in [6, 6.07) is 3.96. The molecule has 0 aliphatic carbocycles. The minimum Gasteiger partial charge on any atom is -0.392 e. The fraction of sp³-hybridized carbons (Fsp3) is 0.500. The normalized spacial score (nSPS) is 12.4. The Morgan fingerprint density at radius 3 is 3.07 bits per heavy atom. The van der Waals surface area contributed by atoms with Crippen LogP contribution < -0.4 is 5.32 Å². The van der Waals surface area contributed by atoms with Gasteiger partial charge in [-0.15, -0.1) is 11.3 Å². The Morgan fingerprint density at radius 2 is 2.50 bits per heavy atom. The Morgan fingerprint density at radius 1 is 1.71 bits per heavy atom. The molecule has 0 bridgehead atoms. The summed E-state index contributed by atoms with van der Waals surface area (Å²) in [5.74, 6) is 0. The van der Waals surface area contributed by atoms with E-state index in [1.807, 2.05) is 18.4 Å².